The van der Waals surface area contributed by atoms with E-state index in [1.165, 1.54) is 103 Å². The molecule has 0 aliphatic rings. The van der Waals surface area contributed by atoms with Crippen LogP contribution in [0.15, 0.2) is 35.3 Å². The SMILES string of the molecule is CCCCCCCCCCCCCCCCCCN=C(OCC)c1ccccc1. The molecule has 1 rings (SSSR count). The van der Waals surface area contributed by atoms with E-state index in [1.807, 2.05) is 25.1 Å². The molecule has 0 aliphatic carbocycles. The minimum absolute atomic E-state index is 0.673. The molecule has 0 aromatic heterocycles. The van der Waals surface area contributed by atoms with Crippen molar-refractivity contribution in [3.05, 3.63) is 35.9 Å². The molecule has 0 N–H and O–H groups in total. The van der Waals surface area contributed by atoms with Crippen LogP contribution in [0.3, 0.4) is 0 Å². The lowest BCUT2D eigenvalue weighted by Crippen LogP contribution is -2.07. The van der Waals surface area contributed by atoms with Crippen LogP contribution in [0.4, 0.5) is 0 Å². The summed E-state index contributed by atoms with van der Waals surface area (Å²) in [5.74, 6) is 0.800. The van der Waals surface area contributed by atoms with Gasteiger partial charge in [0.05, 0.1) is 6.61 Å². The lowest BCUT2D eigenvalue weighted by atomic mass is 10.0. The maximum absolute atomic E-state index is 5.71. The van der Waals surface area contributed by atoms with E-state index in [-0.39, 0.29) is 0 Å². The number of rotatable bonds is 19. The Morgan fingerprint density at radius 1 is 0.621 bits per heavy atom. The normalized spacial score (nSPS) is 11.7. The highest BCUT2D eigenvalue weighted by Crippen LogP contribution is 2.14. The van der Waals surface area contributed by atoms with Crippen LogP contribution in [0, 0.1) is 0 Å². The van der Waals surface area contributed by atoms with Gasteiger partial charge in [0.1, 0.15) is 0 Å². The van der Waals surface area contributed by atoms with Crippen molar-refractivity contribution in [1.82, 2.24) is 0 Å². The van der Waals surface area contributed by atoms with Crippen molar-refractivity contribution in [3.63, 3.8) is 0 Å². The topological polar surface area (TPSA) is 21.6 Å². The summed E-state index contributed by atoms with van der Waals surface area (Å²) >= 11 is 0. The Balaban J connectivity index is 1.89. The van der Waals surface area contributed by atoms with Crippen LogP contribution in [-0.4, -0.2) is 19.0 Å². The molecule has 0 fully saturated rings. The van der Waals surface area contributed by atoms with Crippen molar-refractivity contribution in [1.29, 1.82) is 0 Å². The van der Waals surface area contributed by atoms with Crippen LogP contribution in [0.2, 0.25) is 0 Å². The molecule has 1 aromatic rings. The van der Waals surface area contributed by atoms with Gasteiger partial charge in [-0.3, -0.25) is 4.99 Å². The molecule has 0 spiro atoms. The van der Waals surface area contributed by atoms with Crippen molar-refractivity contribution in [3.8, 4) is 0 Å². The van der Waals surface area contributed by atoms with Gasteiger partial charge in [0.2, 0.25) is 5.90 Å². The second kappa shape index (κ2) is 20.0. The minimum atomic E-state index is 0.673. The van der Waals surface area contributed by atoms with Crippen molar-refractivity contribution >= 4 is 5.90 Å². The molecule has 29 heavy (non-hydrogen) atoms. The van der Waals surface area contributed by atoms with Crippen LogP contribution >= 0.6 is 0 Å². The largest absolute Gasteiger partial charge is 0.478 e. The molecule has 0 amide bonds. The van der Waals surface area contributed by atoms with Gasteiger partial charge in [-0.15, -0.1) is 0 Å². The maximum atomic E-state index is 5.71. The zero-order valence-electron chi connectivity index (χ0n) is 19.5. The highest BCUT2D eigenvalue weighted by Gasteiger charge is 2.02. The van der Waals surface area contributed by atoms with E-state index in [0.29, 0.717) is 6.61 Å². The standard InChI is InChI=1S/C27H47NO/c1-3-5-6-7-8-9-10-11-12-13-14-15-16-17-18-22-25-28-27(29-4-2)26-23-20-19-21-24-26/h19-21,23-24H,3-18,22,25H2,1-2H3. The van der Waals surface area contributed by atoms with E-state index < -0.39 is 0 Å². The summed E-state index contributed by atoms with van der Waals surface area (Å²) in [6.45, 7) is 5.86. The number of nitrogens with zero attached hydrogens (tertiary/aromatic N) is 1. The van der Waals surface area contributed by atoms with Crippen LogP contribution in [0.1, 0.15) is 122 Å². The average molecular weight is 402 g/mol. The summed E-state index contributed by atoms with van der Waals surface area (Å²) < 4.78 is 5.71. The van der Waals surface area contributed by atoms with Gasteiger partial charge in [-0.25, -0.2) is 0 Å². The van der Waals surface area contributed by atoms with Gasteiger partial charge in [-0.1, -0.05) is 121 Å². The average Bonchev–Trinajstić information content (AvgIpc) is 2.75. The highest BCUT2D eigenvalue weighted by molar-refractivity contribution is 5.94. The molecule has 0 unspecified atom stereocenters. The van der Waals surface area contributed by atoms with Crippen LogP contribution < -0.4 is 0 Å². The summed E-state index contributed by atoms with van der Waals surface area (Å²) in [6, 6.07) is 10.3. The number of benzene rings is 1. The molecule has 2 nitrogen and oxygen atoms in total. The lowest BCUT2D eigenvalue weighted by Gasteiger charge is -2.07. The van der Waals surface area contributed by atoms with E-state index in [9.17, 15) is 0 Å². The zero-order valence-corrected chi connectivity index (χ0v) is 19.5. The van der Waals surface area contributed by atoms with E-state index >= 15 is 0 Å². The quantitative estimate of drug-likeness (QED) is 0.129. The van der Waals surface area contributed by atoms with Crippen molar-refractivity contribution in [2.24, 2.45) is 4.99 Å². The van der Waals surface area contributed by atoms with Gasteiger partial charge in [0.15, 0.2) is 0 Å². The third-order valence-electron chi connectivity index (χ3n) is 5.57. The Labute approximate surface area is 181 Å². The number of hydrogen-bond donors (Lipinski definition) is 0. The maximum Gasteiger partial charge on any atom is 0.216 e. The van der Waals surface area contributed by atoms with Crippen LogP contribution in [0.25, 0.3) is 0 Å². The lowest BCUT2D eigenvalue weighted by molar-refractivity contribution is 0.327. The highest BCUT2D eigenvalue weighted by atomic mass is 16.5. The minimum Gasteiger partial charge on any atom is -0.478 e. The van der Waals surface area contributed by atoms with E-state index in [1.54, 1.807) is 0 Å². The van der Waals surface area contributed by atoms with Gasteiger partial charge in [0, 0.05) is 12.1 Å². The third-order valence-corrected chi connectivity index (χ3v) is 5.57. The first-order chi connectivity index (χ1) is 14.4. The fraction of sp³-hybridized carbons (Fsp3) is 0.741. The fourth-order valence-corrected chi connectivity index (χ4v) is 3.78. The summed E-state index contributed by atoms with van der Waals surface area (Å²) in [5.41, 5.74) is 1.09. The van der Waals surface area contributed by atoms with Gasteiger partial charge < -0.3 is 4.74 Å². The van der Waals surface area contributed by atoms with Gasteiger partial charge in [-0.05, 0) is 25.5 Å². The predicted molar refractivity (Wildman–Crippen MR) is 129 cm³/mol. The molecule has 2 heteroatoms. The van der Waals surface area contributed by atoms with Crippen molar-refractivity contribution < 1.29 is 4.74 Å². The second-order valence-electron chi connectivity index (χ2n) is 8.29. The van der Waals surface area contributed by atoms with Crippen molar-refractivity contribution in [2.75, 3.05) is 13.2 Å². The van der Waals surface area contributed by atoms with Crippen LogP contribution in [0.5, 0.6) is 0 Å². The number of unbranched alkanes of at least 4 members (excludes halogenated alkanes) is 15. The van der Waals surface area contributed by atoms with Gasteiger partial charge >= 0.3 is 0 Å². The van der Waals surface area contributed by atoms with E-state index in [4.69, 9.17) is 4.74 Å². The Morgan fingerprint density at radius 3 is 1.52 bits per heavy atom. The molecule has 0 radical (unpaired) electrons. The molecule has 0 atom stereocenters. The summed E-state index contributed by atoms with van der Waals surface area (Å²) in [5, 5.41) is 0. The Bertz CT molecular complexity index is 483. The Morgan fingerprint density at radius 2 is 1.07 bits per heavy atom. The Kier molecular flexibility index (Phi) is 17.7. The second-order valence-corrected chi connectivity index (χ2v) is 8.29. The number of ether oxygens (including phenoxy) is 1. The van der Waals surface area contributed by atoms with Crippen molar-refractivity contribution in [2.45, 2.75) is 117 Å². The molecule has 166 valence electrons. The van der Waals surface area contributed by atoms with Gasteiger partial charge in [0.25, 0.3) is 0 Å². The molecule has 0 saturated carbocycles. The number of aliphatic imine (C=N–C) groups is 1. The molecule has 0 aliphatic heterocycles. The zero-order chi connectivity index (χ0) is 20.8. The first kappa shape index (κ1) is 25.7. The smallest absolute Gasteiger partial charge is 0.216 e. The number of hydrogen-bond acceptors (Lipinski definition) is 2. The molecule has 0 saturated heterocycles. The van der Waals surface area contributed by atoms with E-state index in [2.05, 4.69) is 24.0 Å². The summed E-state index contributed by atoms with van der Waals surface area (Å²) in [4.78, 5) is 4.68. The molecule has 0 heterocycles. The summed E-state index contributed by atoms with van der Waals surface area (Å²) in [7, 11) is 0. The molecule has 1 aromatic carbocycles. The Hall–Kier alpha value is -1.31. The van der Waals surface area contributed by atoms with E-state index in [0.717, 1.165) is 18.0 Å². The first-order valence-electron chi connectivity index (χ1n) is 12.6. The fourth-order valence-electron chi connectivity index (χ4n) is 3.78. The predicted octanol–water partition coefficient (Wildman–Crippen LogP) is 8.73. The molecular formula is C27H47NO. The first-order valence-corrected chi connectivity index (χ1v) is 12.6. The van der Waals surface area contributed by atoms with Gasteiger partial charge in [-0.2, -0.15) is 0 Å². The summed E-state index contributed by atoms with van der Waals surface area (Å²) in [6.07, 6.45) is 22.4. The third kappa shape index (κ3) is 15.2. The monoisotopic (exact) mass is 401 g/mol. The molecule has 0 bridgehead atoms. The molecular weight excluding hydrogens is 354 g/mol. The van der Waals surface area contributed by atoms with Crippen LogP contribution in [-0.2, 0) is 4.74 Å².